The van der Waals surface area contributed by atoms with Crippen LogP contribution >= 0.6 is 0 Å². The third-order valence-electron chi connectivity index (χ3n) is 8.11. The van der Waals surface area contributed by atoms with E-state index in [1.807, 2.05) is 29.2 Å². The molecule has 0 spiro atoms. The van der Waals surface area contributed by atoms with Gasteiger partial charge in [0.1, 0.15) is 0 Å². The van der Waals surface area contributed by atoms with E-state index in [1.165, 1.54) is 0 Å². The van der Waals surface area contributed by atoms with E-state index < -0.39 is 11.9 Å². The molecule has 4 heterocycles. The third-order valence-corrected chi connectivity index (χ3v) is 8.11. The number of aliphatic carboxylic acids is 1. The highest BCUT2D eigenvalue weighted by atomic mass is 16.7. The molecule has 3 atom stereocenters. The van der Waals surface area contributed by atoms with Crippen LogP contribution in [0.25, 0.3) is 0 Å². The predicted octanol–water partition coefficient (Wildman–Crippen LogP) is 3.66. The molecule has 3 aliphatic rings. The summed E-state index contributed by atoms with van der Waals surface area (Å²) in [6, 6.07) is 7.01. The fourth-order valence-corrected chi connectivity index (χ4v) is 6.11. The fourth-order valence-electron chi connectivity index (χ4n) is 6.11. The zero-order valence-corrected chi connectivity index (χ0v) is 23.7. The topological polar surface area (TPSA) is 120 Å². The molecule has 222 valence electrons. The minimum Gasteiger partial charge on any atom is -0.493 e. The van der Waals surface area contributed by atoms with Crippen molar-refractivity contribution in [1.82, 2.24) is 9.88 Å². The molecule has 1 N–H and O–H groups in total. The molecule has 2 fully saturated rings. The molecule has 11 nitrogen and oxygen atoms in total. The van der Waals surface area contributed by atoms with Crippen molar-refractivity contribution in [3.05, 3.63) is 42.2 Å². The number of unbranched alkanes of at least 4 members (excludes halogenated alkanes) is 1. The highest BCUT2D eigenvalue weighted by Gasteiger charge is 2.47. The normalized spacial score (nSPS) is 22.2. The molecule has 1 amide bonds. The Morgan fingerprint density at radius 3 is 2.71 bits per heavy atom. The first-order valence-electron chi connectivity index (χ1n) is 14.4. The van der Waals surface area contributed by atoms with E-state index in [9.17, 15) is 14.7 Å². The number of carboxylic acid groups (broad SMARTS) is 1. The van der Waals surface area contributed by atoms with Gasteiger partial charge in [-0.15, -0.1) is 0 Å². The third kappa shape index (κ3) is 6.58. The van der Waals surface area contributed by atoms with Crippen LogP contribution in [0.4, 0.5) is 5.69 Å². The molecule has 1 aromatic carbocycles. The molecule has 3 aliphatic heterocycles. The van der Waals surface area contributed by atoms with E-state index in [0.717, 1.165) is 24.1 Å². The highest BCUT2D eigenvalue weighted by Crippen LogP contribution is 2.47. The van der Waals surface area contributed by atoms with Crippen LogP contribution in [0.15, 0.2) is 36.7 Å². The second kappa shape index (κ2) is 13.5. The maximum Gasteiger partial charge on any atom is 0.308 e. The molecule has 0 aliphatic carbocycles. The molecular weight excluding hydrogens is 530 g/mol. The predicted molar refractivity (Wildman–Crippen MR) is 149 cm³/mol. The number of hydrogen-bond acceptors (Lipinski definition) is 9. The van der Waals surface area contributed by atoms with Crippen molar-refractivity contribution in [3.63, 3.8) is 0 Å². The first-order valence-corrected chi connectivity index (χ1v) is 14.4. The summed E-state index contributed by atoms with van der Waals surface area (Å²) in [5.74, 6) is -0.530. The van der Waals surface area contributed by atoms with Crippen molar-refractivity contribution in [1.29, 1.82) is 0 Å². The van der Waals surface area contributed by atoms with Gasteiger partial charge in [-0.1, -0.05) is 13.3 Å². The maximum atomic E-state index is 13.8. The van der Waals surface area contributed by atoms with Gasteiger partial charge in [-0.25, -0.2) is 0 Å². The molecule has 41 heavy (non-hydrogen) atoms. The molecule has 5 rings (SSSR count). The Kier molecular flexibility index (Phi) is 9.58. The van der Waals surface area contributed by atoms with E-state index in [-0.39, 0.29) is 37.5 Å². The van der Waals surface area contributed by atoms with Gasteiger partial charge >= 0.3 is 5.97 Å². The van der Waals surface area contributed by atoms with Crippen molar-refractivity contribution in [3.8, 4) is 17.2 Å². The van der Waals surface area contributed by atoms with Gasteiger partial charge in [0.05, 0.1) is 44.7 Å². The number of anilines is 1. The van der Waals surface area contributed by atoms with Crippen LogP contribution in [0.3, 0.4) is 0 Å². The summed E-state index contributed by atoms with van der Waals surface area (Å²) in [6.45, 7) is 4.38. The van der Waals surface area contributed by atoms with Crippen LogP contribution < -0.4 is 19.1 Å². The summed E-state index contributed by atoms with van der Waals surface area (Å²) >= 11 is 0. The molecular formula is C30H39N3O8. The van der Waals surface area contributed by atoms with Gasteiger partial charge in [0.15, 0.2) is 17.8 Å². The monoisotopic (exact) mass is 569 g/mol. The van der Waals surface area contributed by atoms with Crippen molar-refractivity contribution in [2.75, 3.05) is 51.7 Å². The molecule has 0 radical (unpaired) electrons. The van der Waals surface area contributed by atoms with Crippen LogP contribution in [-0.4, -0.2) is 85.9 Å². The second-order valence-electron chi connectivity index (χ2n) is 10.6. The number of methoxy groups -OCH3 is 1. The first kappa shape index (κ1) is 29.1. The number of ether oxygens (including phenoxy) is 5. The molecule has 0 bridgehead atoms. The van der Waals surface area contributed by atoms with Crippen molar-refractivity contribution >= 4 is 17.6 Å². The van der Waals surface area contributed by atoms with Gasteiger partial charge in [-0.05, 0) is 55.5 Å². The van der Waals surface area contributed by atoms with Gasteiger partial charge < -0.3 is 33.7 Å². The molecule has 11 heteroatoms. The lowest BCUT2D eigenvalue weighted by atomic mass is 9.83. The number of nitrogens with zero attached hydrogens (tertiary/aromatic N) is 3. The lowest BCUT2D eigenvalue weighted by Gasteiger charge is -2.30. The Hall–Kier alpha value is -3.41. The molecule has 1 aromatic heterocycles. The average molecular weight is 570 g/mol. The van der Waals surface area contributed by atoms with Crippen LogP contribution in [0.1, 0.15) is 50.5 Å². The van der Waals surface area contributed by atoms with Crippen LogP contribution in [0.5, 0.6) is 17.2 Å². The van der Waals surface area contributed by atoms with E-state index >= 15 is 0 Å². The summed E-state index contributed by atoms with van der Waals surface area (Å²) in [7, 11) is 1.55. The second-order valence-corrected chi connectivity index (χ2v) is 10.6. The average Bonchev–Trinajstić information content (AvgIpc) is 3.74. The van der Waals surface area contributed by atoms with Crippen LogP contribution in [-0.2, 0) is 19.1 Å². The number of benzene rings is 1. The zero-order chi connectivity index (χ0) is 28.8. The number of pyridine rings is 1. The van der Waals surface area contributed by atoms with Crippen LogP contribution in [0.2, 0.25) is 0 Å². The zero-order valence-electron chi connectivity index (χ0n) is 23.7. The number of carbonyl (C=O) groups is 2. The van der Waals surface area contributed by atoms with Crippen molar-refractivity contribution in [2.24, 2.45) is 5.92 Å². The lowest BCUT2D eigenvalue weighted by molar-refractivity contribution is -0.143. The summed E-state index contributed by atoms with van der Waals surface area (Å²) in [4.78, 5) is 34.7. The van der Waals surface area contributed by atoms with Crippen molar-refractivity contribution < 1.29 is 38.4 Å². The van der Waals surface area contributed by atoms with Gasteiger partial charge in [0.2, 0.25) is 18.4 Å². The first-order chi connectivity index (χ1) is 20.0. The highest BCUT2D eigenvalue weighted by molar-refractivity contribution is 5.94. The number of hydrogen-bond donors (Lipinski definition) is 1. The minimum absolute atomic E-state index is 0.0769. The van der Waals surface area contributed by atoms with Crippen molar-refractivity contribution in [2.45, 2.75) is 57.3 Å². The molecule has 2 aromatic rings. The summed E-state index contributed by atoms with van der Waals surface area (Å²) in [6.07, 6.45) is 6.88. The number of fused-ring (bicyclic) bond motifs is 1. The van der Waals surface area contributed by atoms with E-state index in [1.54, 1.807) is 24.4 Å². The van der Waals surface area contributed by atoms with Gasteiger partial charge in [0.25, 0.3) is 0 Å². The summed E-state index contributed by atoms with van der Waals surface area (Å²) in [5, 5.41) is 10.5. The largest absolute Gasteiger partial charge is 0.493 e. The Balaban J connectivity index is 1.42. The van der Waals surface area contributed by atoms with Gasteiger partial charge in [-0.3, -0.25) is 19.5 Å². The molecule has 0 unspecified atom stereocenters. The lowest BCUT2D eigenvalue weighted by Crippen LogP contribution is -2.44. The molecule has 2 saturated heterocycles. The number of carbonyl (C=O) groups excluding carboxylic acids is 1. The fraction of sp³-hybridized carbons (Fsp3) is 0.567. The van der Waals surface area contributed by atoms with E-state index in [2.05, 4.69) is 11.9 Å². The van der Waals surface area contributed by atoms with E-state index in [4.69, 9.17) is 23.7 Å². The minimum atomic E-state index is -0.893. The smallest absolute Gasteiger partial charge is 0.308 e. The Morgan fingerprint density at radius 1 is 1.17 bits per heavy atom. The Labute approximate surface area is 240 Å². The summed E-state index contributed by atoms with van der Waals surface area (Å²) in [5.41, 5.74) is 1.53. The number of carboxylic acids is 1. The number of rotatable bonds is 13. The number of aromatic nitrogens is 1. The molecule has 0 saturated carbocycles. The summed E-state index contributed by atoms with van der Waals surface area (Å²) < 4.78 is 27.9. The Morgan fingerprint density at radius 2 is 2.00 bits per heavy atom. The Bertz CT molecular complexity index is 1190. The van der Waals surface area contributed by atoms with Gasteiger partial charge in [-0.2, -0.15) is 0 Å². The maximum absolute atomic E-state index is 13.8. The number of amides is 1. The SMILES string of the molecule is CCCCN(C(=O)CN1C[C@H](c2cc(OC)c3c(c2)OCO3)[C@@H](C(=O)O)[C@@H]1CCCC1OCCO1)c1cccnc1. The van der Waals surface area contributed by atoms with E-state index in [0.29, 0.717) is 62.8 Å². The van der Waals surface area contributed by atoms with Gasteiger partial charge in [0, 0.05) is 31.2 Å². The standard InChI is InChI=1S/C30H39N3O8/c1-3-4-11-33(21-7-6-10-31-16-21)26(34)18-32-17-22(20-14-24(37-2)29-25(15-20)40-19-41-29)28(30(35)36)23(32)8-5-9-27-38-12-13-39-27/h6-7,10,14-16,22-23,27-28H,3-5,8-9,11-13,17-19H2,1-2H3,(H,35,36)/t22-,23+,28-/m1/s1. The number of likely N-dealkylation sites (tertiary alicyclic amines) is 1. The van der Waals surface area contributed by atoms with Crippen LogP contribution in [0, 0.1) is 5.92 Å². The quantitative estimate of drug-likeness (QED) is 0.383.